The number of hydrogen-bond acceptors (Lipinski definition) is 6. The van der Waals surface area contributed by atoms with E-state index in [4.69, 9.17) is 4.52 Å². The first-order valence-corrected chi connectivity index (χ1v) is 8.58. The molecule has 0 saturated heterocycles. The first-order valence-electron chi connectivity index (χ1n) is 6.69. The molecule has 0 aliphatic carbocycles. The van der Waals surface area contributed by atoms with Crippen LogP contribution in [0.1, 0.15) is 12.7 Å². The Morgan fingerprint density at radius 1 is 1.33 bits per heavy atom. The van der Waals surface area contributed by atoms with E-state index in [2.05, 4.69) is 20.2 Å². The highest BCUT2D eigenvalue weighted by Gasteiger charge is 2.20. The Balaban J connectivity index is 2.03. The minimum absolute atomic E-state index is 0.0208. The summed E-state index contributed by atoms with van der Waals surface area (Å²) in [5, 5.41) is 5.88. The number of carbonyl (C=O) groups is 1. The van der Waals surface area contributed by atoms with Crippen LogP contribution in [0, 0.1) is 11.6 Å². The molecule has 0 bridgehead atoms. The van der Waals surface area contributed by atoms with Crippen molar-refractivity contribution in [3.8, 4) is 11.5 Å². The van der Waals surface area contributed by atoms with Gasteiger partial charge in [0, 0.05) is 0 Å². The molecular formula is C13H14F2N4O4S. The molecule has 1 heterocycles. The number of sulfonamides is 1. The van der Waals surface area contributed by atoms with Crippen LogP contribution in [0.5, 0.6) is 0 Å². The van der Waals surface area contributed by atoms with Crippen LogP contribution in [0.3, 0.4) is 0 Å². The van der Waals surface area contributed by atoms with Crippen molar-refractivity contribution in [2.75, 3.05) is 6.26 Å². The largest absolute Gasteiger partial charge is 0.347 e. The van der Waals surface area contributed by atoms with Gasteiger partial charge in [0.15, 0.2) is 5.82 Å². The summed E-state index contributed by atoms with van der Waals surface area (Å²) in [5.74, 6) is -2.73. The van der Waals surface area contributed by atoms with Gasteiger partial charge in [-0.15, -0.1) is 0 Å². The molecule has 1 amide bonds. The zero-order valence-corrected chi connectivity index (χ0v) is 13.5. The Morgan fingerprint density at radius 3 is 2.54 bits per heavy atom. The highest BCUT2D eigenvalue weighted by Crippen LogP contribution is 2.24. The molecule has 2 N–H and O–H groups in total. The molecule has 0 fully saturated rings. The van der Waals surface area contributed by atoms with Gasteiger partial charge in [-0.25, -0.2) is 21.9 Å². The molecule has 24 heavy (non-hydrogen) atoms. The highest BCUT2D eigenvalue weighted by atomic mass is 32.2. The molecule has 11 heteroatoms. The lowest BCUT2D eigenvalue weighted by Crippen LogP contribution is -2.44. The quantitative estimate of drug-likeness (QED) is 0.778. The summed E-state index contributed by atoms with van der Waals surface area (Å²) < 4.78 is 56.2. The fraction of sp³-hybridized carbons (Fsp3) is 0.308. The third-order valence-corrected chi connectivity index (χ3v) is 3.63. The van der Waals surface area contributed by atoms with E-state index in [-0.39, 0.29) is 18.3 Å². The minimum Gasteiger partial charge on any atom is -0.347 e. The maximum Gasteiger partial charge on any atom is 0.263 e. The molecule has 2 aromatic rings. The smallest absolute Gasteiger partial charge is 0.263 e. The first-order chi connectivity index (χ1) is 11.2. The van der Waals surface area contributed by atoms with Gasteiger partial charge in [-0.2, -0.15) is 4.98 Å². The Bertz CT molecular complexity index is 833. The van der Waals surface area contributed by atoms with Crippen LogP contribution in [0.15, 0.2) is 22.7 Å². The van der Waals surface area contributed by atoms with Crippen molar-refractivity contribution in [1.82, 2.24) is 20.2 Å². The number of amides is 1. The Labute approximate surface area is 136 Å². The monoisotopic (exact) mass is 360 g/mol. The lowest BCUT2D eigenvalue weighted by atomic mass is 10.2. The second-order valence-corrected chi connectivity index (χ2v) is 6.72. The molecule has 8 nitrogen and oxygen atoms in total. The summed E-state index contributed by atoms with van der Waals surface area (Å²) in [4.78, 5) is 15.5. The predicted octanol–water partition coefficient (Wildman–Crippen LogP) is 0.569. The number of halogens is 2. The second-order valence-electron chi connectivity index (χ2n) is 4.94. The van der Waals surface area contributed by atoms with Gasteiger partial charge in [-0.1, -0.05) is 11.2 Å². The molecule has 130 valence electrons. The fourth-order valence-electron chi connectivity index (χ4n) is 1.82. The van der Waals surface area contributed by atoms with E-state index in [0.29, 0.717) is 0 Å². The van der Waals surface area contributed by atoms with Crippen LogP contribution < -0.4 is 10.0 Å². The summed E-state index contributed by atoms with van der Waals surface area (Å²) in [6.07, 6.45) is 0.922. The second kappa shape index (κ2) is 7.01. The Morgan fingerprint density at radius 2 is 1.96 bits per heavy atom. The van der Waals surface area contributed by atoms with Crippen molar-refractivity contribution in [3.63, 3.8) is 0 Å². The van der Waals surface area contributed by atoms with Crippen LogP contribution >= 0.6 is 0 Å². The first kappa shape index (κ1) is 17.9. The molecule has 2 rings (SSSR count). The van der Waals surface area contributed by atoms with Crippen LogP contribution in [-0.4, -0.2) is 36.8 Å². The van der Waals surface area contributed by atoms with Gasteiger partial charge in [0.1, 0.15) is 17.2 Å². The van der Waals surface area contributed by atoms with Gasteiger partial charge in [-0.05, 0) is 19.1 Å². The van der Waals surface area contributed by atoms with Crippen molar-refractivity contribution >= 4 is 15.9 Å². The van der Waals surface area contributed by atoms with Crippen LogP contribution in [-0.2, 0) is 21.4 Å². The average Bonchev–Trinajstić information content (AvgIpc) is 2.91. The van der Waals surface area contributed by atoms with Crippen LogP contribution in [0.4, 0.5) is 8.78 Å². The van der Waals surface area contributed by atoms with Crippen molar-refractivity contribution in [3.05, 3.63) is 35.7 Å². The Kier molecular flexibility index (Phi) is 5.24. The van der Waals surface area contributed by atoms with E-state index in [0.717, 1.165) is 18.4 Å². The van der Waals surface area contributed by atoms with E-state index in [1.54, 1.807) is 0 Å². The number of nitrogens with zero attached hydrogens (tertiary/aromatic N) is 2. The van der Waals surface area contributed by atoms with E-state index < -0.39 is 39.2 Å². The van der Waals surface area contributed by atoms with E-state index in [1.165, 1.54) is 13.0 Å². The average molecular weight is 360 g/mol. The molecule has 0 unspecified atom stereocenters. The number of carbonyl (C=O) groups excluding carboxylic acids is 1. The van der Waals surface area contributed by atoms with Crippen molar-refractivity contribution in [1.29, 1.82) is 0 Å². The molecule has 0 spiro atoms. The highest BCUT2D eigenvalue weighted by molar-refractivity contribution is 7.88. The summed E-state index contributed by atoms with van der Waals surface area (Å²) in [7, 11) is -3.54. The van der Waals surface area contributed by atoms with Crippen LogP contribution in [0.2, 0.25) is 0 Å². The maximum absolute atomic E-state index is 13.6. The minimum atomic E-state index is -3.54. The molecule has 0 radical (unpaired) electrons. The molecule has 0 saturated carbocycles. The number of aromatic nitrogens is 2. The van der Waals surface area contributed by atoms with Gasteiger partial charge in [0.05, 0.1) is 18.8 Å². The standard InChI is InChI=1S/C13H14F2N4O4S/c1-7(19-24(2,21)22)12(20)16-6-10-17-13(23-18-10)11-8(14)4-3-5-9(11)15/h3-5,7,19H,6H2,1-2H3,(H,16,20)/t7-/m0/s1. The number of nitrogens with one attached hydrogen (secondary N) is 2. The lowest BCUT2D eigenvalue weighted by Gasteiger charge is -2.11. The number of benzene rings is 1. The predicted molar refractivity (Wildman–Crippen MR) is 78.9 cm³/mol. The molecule has 1 atom stereocenters. The fourth-order valence-corrected chi connectivity index (χ4v) is 2.57. The number of hydrogen-bond donors (Lipinski definition) is 2. The van der Waals surface area contributed by atoms with Gasteiger partial charge in [0.25, 0.3) is 5.89 Å². The third kappa shape index (κ3) is 4.55. The van der Waals surface area contributed by atoms with Gasteiger partial charge in [0.2, 0.25) is 15.9 Å². The third-order valence-electron chi connectivity index (χ3n) is 2.85. The maximum atomic E-state index is 13.6. The van der Waals surface area contributed by atoms with Gasteiger partial charge < -0.3 is 9.84 Å². The van der Waals surface area contributed by atoms with Crippen LogP contribution in [0.25, 0.3) is 11.5 Å². The van der Waals surface area contributed by atoms with E-state index >= 15 is 0 Å². The molecular weight excluding hydrogens is 346 g/mol. The van der Waals surface area contributed by atoms with Gasteiger partial charge >= 0.3 is 0 Å². The molecule has 0 aliphatic rings. The van der Waals surface area contributed by atoms with Gasteiger partial charge in [-0.3, -0.25) is 4.79 Å². The molecule has 1 aromatic heterocycles. The zero-order valence-electron chi connectivity index (χ0n) is 12.7. The van der Waals surface area contributed by atoms with Crippen molar-refractivity contribution in [2.45, 2.75) is 19.5 Å². The van der Waals surface area contributed by atoms with Crippen molar-refractivity contribution in [2.24, 2.45) is 0 Å². The SMILES string of the molecule is C[C@H](NS(C)(=O)=O)C(=O)NCc1noc(-c2c(F)cccc2F)n1. The Hall–Kier alpha value is -2.40. The summed E-state index contributed by atoms with van der Waals surface area (Å²) in [6.45, 7) is 1.15. The summed E-state index contributed by atoms with van der Waals surface area (Å²) in [6, 6.07) is 2.28. The summed E-state index contributed by atoms with van der Waals surface area (Å²) >= 11 is 0. The zero-order chi connectivity index (χ0) is 17.9. The lowest BCUT2D eigenvalue weighted by molar-refractivity contribution is -0.122. The van der Waals surface area contributed by atoms with Crippen molar-refractivity contribution < 1.29 is 26.5 Å². The normalized spacial score (nSPS) is 12.8. The molecule has 0 aliphatic heterocycles. The van der Waals surface area contributed by atoms with E-state index in [1.807, 2.05) is 0 Å². The van der Waals surface area contributed by atoms with E-state index in [9.17, 15) is 22.0 Å². The topological polar surface area (TPSA) is 114 Å². The number of rotatable bonds is 6. The summed E-state index contributed by atoms with van der Waals surface area (Å²) in [5.41, 5.74) is -0.463. The molecule has 1 aromatic carbocycles.